The summed E-state index contributed by atoms with van der Waals surface area (Å²) in [5, 5.41) is 0. The molecule has 3 atom stereocenters. The summed E-state index contributed by atoms with van der Waals surface area (Å²) in [5.41, 5.74) is 2.85. The summed E-state index contributed by atoms with van der Waals surface area (Å²) in [6, 6.07) is 17.7. The average molecular weight is 472 g/mol. The molecular weight excluding hydrogens is 440 g/mol. The highest BCUT2D eigenvalue weighted by molar-refractivity contribution is 5.27. The minimum absolute atomic E-state index is 0.375. The van der Waals surface area contributed by atoms with Crippen LogP contribution in [0.25, 0.3) is 0 Å². The SMILES string of the molecule is CCC(CCc1ccc(C2CC(C(F)(F)F)C(C(F)(F)F)C2)cc1)N(C)Cc1ccccc1. The smallest absolute Gasteiger partial charge is 0.299 e. The summed E-state index contributed by atoms with van der Waals surface area (Å²) in [5.74, 6) is -5.38. The largest absolute Gasteiger partial charge is 0.392 e. The van der Waals surface area contributed by atoms with Crippen molar-refractivity contribution in [2.24, 2.45) is 11.8 Å². The van der Waals surface area contributed by atoms with E-state index in [9.17, 15) is 26.3 Å². The highest BCUT2D eigenvalue weighted by Gasteiger charge is 2.59. The molecule has 1 aliphatic rings. The van der Waals surface area contributed by atoms with Crippen LogP contribution in [0.3, 0.4) is 0 Å². The van der Waals surface area contributed by atoms with E-state index >= 15 is 0 Å². The first-order valence-corrected chi connectivity index (χ1v) is 11.5. The van der Waals surface area contributed by atoms with Crippen molar-refractivity contribution in [3.8, 4) is 0 Å². The normalized spacial score (nSPS) is 22.6. The summed E-state index contributed by atoms with van der Waals surface area (Å²) in [4.78, 5) is 2.32. The van der Waals surface area contributed by atoms with Gasteiger partial charge in [0.2, 0.25) is 0 Å². The molecule has 0 radical (unpaired) electrons. The molecule has 0 amide bonds. The van der Waals surface area contributed by atoms with Gasteiger partial charge in [0.25, 0.3) is 0 Å². The molecule has 1 fully saturated rings. The van der Waals surface area contributed by atoms with Crippen molar-refractivity contribution in [1.82, 2.24) is 4.90 Å². The van der Waals surface area contributed by atoms with E-state index in [4.69, 9.17) is 0 Å². The van der Waals surface area contributed by atoms with E-state index in [2.05, 4.69) is 31.0 Å². The fourth-order valence-electron chi connectivity index (χ4n) is 5.06. The lowest BCUT2D eigenvalue weighted by atomic mass is 9.94. The summed E-state index contributed by atoms with van der Waals surface area (Å²) in [6.07, 6.45) is -7.97. The Balaban J connectivity index is 1.59. The summed E-state index contributed by atoms with van der Waals surface area (Å²) < 4.78 is 79.2. The number of alkyl halides is 6. The molecule has 0 aromatic heterocycles. The van der Waals surface area contributed by atoms with Gasteiger partial charge in [0.05, 0.1) is 11.8 Å². The maximum atomic E-state index is 13.2. The number of nitrogens with zero attached hydrogens (tertiary/aromatic N) is 1. The molecular formula is C26H31F6N. The molecule has 2 aromatic carbocycles. The van der Waals surface area contributed by atoms with Crippen LogP contribution in [0.2, 0.25) is 0 Å². The van der Waals surface area contributed by atoms with Crippen LogP contribution in [-0.2, 0) is 13.0 Å². The van der Waals surface area contributed by atoms with Gasteiger partial charge in [-0.15, -0.1) is 0 Å². The molecule has 3 unspecified atom stereocenters. The number of hydrogen-bond donors (Lipinski definition) is 0. The molecule has 0 spiro atoms. The Bertz CT molecular complexity index is 837. The summed E-state index contributed by atoms with van der Waals surface area (Å²) in [7, 11) is 2.10. The molecule has 1 nitrogen and oxygen atoms in total. The molecule has 7 heteroatoms. The van der Waals surface area contributed by atoms with Crippen LogP contribution in [0, 0.1) is 11.8 Å². The fourth-order valence-corrected chi connectivity index (χ4v) is 5.06. The van der Waals surface area contributed by atoms with Crippen molar-refractivity contribution >= 4 is 0 Å². The third-order valence-corrected chi connectivity index (χ3v) is 6.99. The standard InChI is InChI=1S/C26H31F6N/c1-3-22(33(2)17-19-7-5-4-6-8-19)14-11-18-9-12-20(13-10-18)21-15-23(25(27,28)29)24(16-21)26(30,31)32/h4-10,12-13,21-24H,3,11,14-17H2,1-2H3. The highest BCUT2D eigenvalue weighted by atomic mass is 19.4. The number of rotatable bonds is 8. The van der Waals surface area contributed by atoms with Crippen LogP contribution in [0.5, 0.6) is 0 Å². The second kappa shape index (κ2) is 10.5. The minimum atomic E-state index is -4.84. The zero-order valence-electron chi connectivity index (χ0n) is 19.0. The number of aryl methyl sites for hydroxylation is 1. The first kappa shape index (κ1) is 25.6. The third kappa shape index (κ3) is 6.75. The number of benzene rings is 2. The van der Waals surface area contributed by atoms with Crippen molar-refractivity contribution in [3.05, 3.63) is 71.3 Å². The van der Waals surface area contributed by atoms with Gasteiger partial charge in [0.15, 0.2) is 0 Å². The van der Waals surface area contributed by atoms with Crippen LogP contribution in [0.4, 0.5) is 26.3 Å². The lowest BCUT2D eigenvalue weighted by Gasteiger charge is -2.27. The van der Waals surface area contributed by atoms with Gasteiger partial charge in [-0.3, -0.25) is 4.90 Å². The maximum Gasteiger partial charge on any atom is 0.392 e. The van der Waals surface area contributed by atoms with Crippen molar-refractivity contribution in [3.63, 3.8) is 0 Å². The van der Waals surface area contributed by atoms with Crippen molar-refractivity contribution in [2.75, 3.05) is 7.05 Å². The van der Waals surface area contributed by atoms with Crippen LogP contribution < -0.4 is 0 Å². The Morgan fingerprint density at radius 3 is 1.85 bits per heavy atom. The van der Waals surface area contributed by atoms with E-state index in [1.54, 1.807) is 12.1 Å². The Kier molecular flexibility index (Phi) is 8.14. The van der Waals surface area contributed by atoms with Gasteiger partial charge in [-0.2, -0.15) is 26.3 Å². The molecule has 0 N–H and O–H groups in total. The zero-order valence-corrected chi connectivity index (χ0v) is 19.0. The molecule has 1 aliphatic carbocycles. The topological polar surface area (TPSA) is 3.24 Å². The van der Waals surface area contributed by atoms with Crippen molar-refractivity contribution in [2.45, 2.75) is 69.9 Å². The van der Waals surface area contributed by atoms with Gasteiger partial charge >= 0.3 is 12.4 Å². The molecule has 182 valence electrons. The predicted molar refractivity (Wildman–Crippen MR) is 118 cm³/mol. The highest BCUT2D eigenvalue weighted by Crippen LogP contribution is 2.54. The van der Waals surface area contributed by atoms with Crippen LogP contribution in [-0.4, -0.2) is 30.3 Å². The van der Waals surface area contributed by atoms with Gasteiger partial charge < -0.3 is 0 Å². The van der Waals surface area contributed by atoms with Crippen molar-refractivity contribution < 1.29 is 26.3 Å². The van der Waals surface area contributed by atoms with E-state index in [-0.39, 0.29) is 0 Å². The average Bonchev–Trinajstić information content (AvgIpc) is 3.22. The molecule has 0 heterocycles. The van der Waals surface area contributed by atoms with Gasteiger partial charge in [0.1, 0.15) is 0 Å². The van der Waals surface area contributed by atoms with E-state index in [1.165, 1.54) is 5.56 Å². The van der Waals surface area contributed by atoms with Gasteiger partial charge in [-0.1, -0.05) is 61.5 Å². The molecule has 1 saturated carbocycles. The van der Waals surface area contributed by atoms with Gasteiger partial charge in [-0.05, 0) is 61.8 Å². The van der Waals surface area contributed by atoms with Crippen LogP contribution in [0.1, 0.15) is 55.2 Å². The molecule has 2 aromatic rings. The first-order chi connectivity index (χ1) is 15.5. The van der Waals surface area contributed by atoms with E-state index in [1.807, 2.05) is 30.3 Å². The Hall–Kier alpha value is -2.02. The molecule has 0 saturated heterocycles. The summed E-state index contributed by atoms with van der Waals surface area (Å²) >= 11 is 0. The Morgan fingerprint density at radius 1 is 0.818 bits per heavy atom. The lowest BCUT2D eigenvalue weighted by molar-refractivity contribution is -0.245. The monoisotopic (exact) mass is 471 g/mol. The number of halogens is 6. The van der Waals surface area contributed by atoms with E-state index in [0.717, 1.165) is 31.4 Å². The summed E-state index contributed by atoms with van der Waals surface area (Å²) in [6.45, 7) is 2.99. The van der Waals surface area contributed by atoms with Gasteiger partial charge in [0, 0.05) is 12.6 Å². The molecule has 3 rings (SSSR count). The third-order valence-electron chi connectivity index (χ3n) is 6.99. The maximum absolute atomic E-state index is 13.2. The predicted octanol–water partition coefficient (Wildman–Crippen LogP) is 7.76. The quantitative estimate of drug-likeness (QED) is 0.356. The molecule has 0 aliphatic heterocycles. The molecule has 33 heavy (non-hydrogen) atoms. The first-order valence-electron chi connectivity index (χ1n) is 11.5. The molecule has 0 bridgehead atoms. The second-order valence-electron chi connectivity index (χ2n) is 9.21. The lowest BCUT2D eigenvalue weighted by Crippen LogP contribution is -2.35. The van der Waals surface area contributed by atoms with Crippen LogP contribution in [0.15, 0.2) is 54.6 Å². The van der Waals surface area contributed by atoms with E-state index < -0.39 is 42.9 Å². The fraction of sp³-hybridized carbons (Fsp3) is 0.538. The Morgan fingerprint density at radius 2 is 1.36 bits per heavy atom. The number of hydrogen-bond acceptors (Lipinski definition) is 1. The van der Waals surface area contributed by atoms with Crippen LogP contribution >= 0.6 is 0 Å². The zero-order chi connectivity index (χ0) is 24.2. The Labute approximate surface area is 191 Å². The second-order valence-corrected chi connectivity index (χ2v) is 9.21. The minimum Gasteiger partial charge on any atom is -0.299 e. The van der Waals surface area contributed by atoms with E-state index in [0.29, 0.717) is 11.6 Å². The van der Waals surface area contributed by atoms with Crippen molar-refractivity contribution in [1.29, 1.82) is 0 Å². The van der Waals surface area contributed by atoms with Gasteiger partial charge in [-0.25, -0.2) is 0 Å².